The van der Waals surface area contributed by atoms with Crippen LogP contribution in [-0.2, 0) is 10.2 Å². The van der Waals surface area contributed by atoms with Crippen molar-refractivity contribution in [1.82, 2.24) is 0 Å². The molecular weight excluding hydrogens is 332 g/mol. The summed E-state index contributed by atoms with van der Waals surface area (Å²) in [5.41, 5.74) is 3.89. The normalized spacial score (nSPS) is 20.6. The van der Waals surface area contributed by atoms with Gasteiger partial charge in [-0.1, -0.05) is 29.8 Å². The largest absolute Gasteiger partial charge is 0.302 e. The van der Waals surface area contributed by atoms with Gasteiger partial charge in [-0.25, -0.2) is 8.78 Å². The Balaban J connectivity index is 1.95. The van der Waals surface area contributed by atoms with Crippen molar-refractivity contribution < 1.29 is 13.6 Å². The number of halogens is 2. The molecule has 0 fully saturated rings. The monoisotopic (exact) mass is 353 g/mol. The zero-order valence-corrected chi connectivity index (χ0v) is 15.1. The van der Waals surface area contributed by atoms with Crippen LogP contribution >= 0.6 is 0 Å². The standard InChI is InChI=1S/C22H21F2NO/c1-14-11-22(13-26,19-5-4-6-20(24)15(19)2)12-21(14)25-16(3)17-7-9-18(23)10-8-17/h4-10,13H,11-12H2,1-3H3/t22-/m1/s1. The molecule has 0 radical (unpaired) electrons. The molecule has 0 unspecified atom stereocenters. The highest BCUT2D eigenvalue weighted by molar-refractivity contribution is 5.99. The zero-order chi connectivity index (χ0) is 18.9. The highest BCUT2D eigenvalue weighted by Gasteiger charge is 2.40. The highest BCUT2D eigenvalue weighted by Crippen LogP contribution is 2.44. The molecule has 0 amide bonds. The van der Waals surface area contributed by atoms with Gasteiger partial charge in [-0.05, 0) is 62.1 Å². The van der Waals surface area contributed by atoms with Gasteiger partial charge in [-0.2, -0.15) is 0 Å². The van der Waals surface area contributed by atoms with Crippen molar-refractivity contribution in [2.75, 3.05) is 0 Å². The summed E-state index contributed by atoms with van der Waals surface area (Å²) < 4.78 is 27.1. The highest BCUT2D eigenvalue weighted by atomic mass is 19.1. The van der Waals surface area contributed by atoms with Gasteiger partial charge in [-0.15, -0.1) is 0 Å². The second-order valence-electron chi connectivity index (χ2n) is 6.97. The summed E-state index contributed by atoms with van der Waals surface area (Å²) in [6.07, 6.45) is 1.88. The Morgan fingerprint density at radius 2 is 1.77 bits per heavy atom. The smallest absolute Gasteiger partial charge is 0.131 e. The number of nitrogens with zero attached hydrogens (tertiary/aromatic N) is 1. The van der Waals surface area contributed by atoms with Crippen LogP contribution in [0, 0.1) is 18.6 Å². The van der Waals surface area contributed by atoms with Crippen LogP contribution in [0.2, 0.25) is 0 Å². The molecule has 0 spiro atoms. The minimum absolute atomic E-state index is 0.292. The molecule has 2 aromatic carbocycles. The van der Waals surface area contributed by atoms with Gasteiger partial charge < -0.3 is 4.79 Å². The van der Waals surface area contributed by atoms with Crippen molar-refractivity contribution in [3.8, 4) is 0 Å². The van der Waals surface area contributed by atoms with Gasteiger partial charge in [0.1, 0.15) is 17.9 Å². The Morgan fingerprint density at radius 3 is 2.42 bits per heavy atom. The Labute approximate surface area is 152 Å². The van der Waals surface area contributed by atoms with Gasteiger partial charge in [0.15, 0.2) is 0 Å². The SMILES string of the molecule is CC(=NC1=C(C)C[C@@](C=O)(c2cccc(F)c2C)C1)c1ccc(F)cc1. The van der Waals surface area contributed by atoms with Gasteiger partial charge in [0, 0.05) is 17.8 Å². The third-order valence-electron chi connectivity index (χ3n) is 5.15. The summed E-state index contributed by atoms with van der Waals surface area (Å²) in [6.45, 7) is 5.52. The number of aldehydes is 1. The first-order chi connectivity index (χ1) is 12.4. The van der Waals surface area contributed by atoms with E-state index in [9.17, 15) is 13.6 Å². The quantitative estimate of drug-likeness (QED) is 0.543. The molecule has 2 aromatic rings. The first-order valence-electron chi connectivity index (χ1n) is 8.58. The van der Waals surface area contributed by atoms with Crippen LogP contribution in [-0.4, -0.2) is 12.0 Å². The van der Waals surface area contributed by atoms with Gasteiger partial charge in [0.2, 0.25) is 0 Å². The maximum atomic E-state index is 14.0. The average molecular weight is 353 g/mol. The summed E-state index contributed by atoms with van der Waals surface area (Å²) >= 11 is 0. The summed E-state index contributed by atoms with van der Waals surface area (Å²) in [4.78, 5) is 16.7. The fourth-order valence-electron chi connectivity index (χ4n) is 3.66. The van der Waals surface area contributed by atoms with Gasteiger partial charge >= 0.3 is 0 Å². The van der Waals surface area contributed by atoms with Crippen LogP contribution in [0.4, 0.5) is 8.78 Å². The molecule has 134 valence electrons. The van der Waals surface area contributed by atoms with Crippen molar-refractivity contribution in [2.45, 2.75) is 39.0 Å². The van der Waals surface area contributed by atoms with E-state index in [0.29, 0.717) is 18.4 Å². The predicted molar refractivity (Wildman–Crippen MR) is 99.4 cm³/mol. The van der Waals surface area contributed by atoms with Gasteiger partial charge in [-0.3, -0.25) is 4.99 Å². The molecular formula is C22H21F2NO. The summed E-state index contributed by atoms with van der Waals surface area (Å²) in [5.74, 6) is -0.597. The molecule has 1 aliphatic carbocycles. The van der Waals surface area contributed by atoms with Crippen molar-refractivity contribution in [3.05, 3.63) is 82.1 Å². The molecule has 0 aromatic heterocycles. The lowest BCUT2D eigenvalue weighted by molar-refractivity contribution is -0.112. The molecule has 0 N–H and O–H groups in total. The maximum absolute atomic E-state index is 14.0. The van der Waals surface area contributed by atoms with Crippen LogP contribution in [0.25, 0.3) is 0 Å². The van der Waals surface area contributed by atoms with Gasteiger partial charge in [0.05, 0.1) is 5.41 Å². The van der Waals surface area contributed by atoms with Crippen LogP contribution in [0.1, 0.15) is 43.4 Å². The second-order valence-corrected chi connectivity index (χ2v) is 6.97. The van der Waals surface area contributed by atoms with Crippen molar-refractivity contribution in [1.29, 1.82) is 0 Å². The Bertz CT molecular complexity index is 912. The van der Waals surface area contributed by atoms with Crippen LogP contribution in [0.5, 0.6) is 0 Å². The Morgan fingerprint density at radius 1 is 1.08 bits per heavy atom. The second kappa shape index (κ2) is 6.94. The minimum Gasteiger partial charge on any atom is -0.302 e. The van der Waals surface area contributed by atoms with E-state index in [1.807, 2.05) is 19.9 Å². The summed E-state index contributed by atoms with van der Waals surface area (Å²) in [7, 11) is 0. The first-order valence-corrected chi connectivity index (χ1v) is 8.58. The lowest BCUT2D eigenvalue weighted by Crippen LogP contribution is -2.26. The number of aliphatic imine (C=N–C) groups is 1. The third kappa shape index (κ3) is 3.24. The van der Waals surface area contributed by atoms with E-state index in [0.717, 1.165) is 34.4 Å². The van der Waals surface area contributed by atoms with E-state index in [-0.39, 0.29) is 11.6 Å². The third-order valence-corrected chi connectivity index (χ3v) is 5.15. The Hall–Kier alpha value is -2.62. The molecule has 0 saturated carbocycles. The molecule has 2 nitrogen and oxygen atoms in total. The number of hydrogen-bond donors (Lipinski definition) is 0. The molecule has 1 aliphatic rings. The predicted octanol–water partition coefficient (Wildman–Crippen LogP) is 5.29. The molecule has 3 rings (SSSR count). The van der Waals surface area contributed by atoms with E-state index in [1.54, 1.807) is 25.1 Å². The minimum atomic E-state index is -0.780. The number of allylic oxidation sites excluding steroid dienone is 2. The van der Waals surface area contributed by atoms with Crippen LogP contribution in [0.15, 0.2) is 58.7 Å². The number of carbonyl (C=O) groups excluding carboxylic acids is 1. The van der Waals surface area contributed by atoms with E-state index in [1.165, 1.54) is 18.2 Å². The van der Waals surface area contributed by atoms with Gasteiger partial charge in [0.25, 0.3) is 0 Å². The number of carbonyl (C=O) groups is 1. The van der Waals surface area contributed by atoms with Crippen LogP contribution in [0.3, 0.4) is 0 Å². The van der Waals surface area contributed by atoms with Crippen molar-refractivity contribution in [2.24, 2.45) is 4.99 Å². The summed E-state index contributed by atoms with van der Waals surface area (Å²) in [5, 5.41) is 0. The lowest BCUT2D eigenvalue weighted by Gasteiger charge is -2.25. The van der Waals surface area contributed by atoms with E-state index >= 15 is 0 Å². The number of benzene rings is 2. The molecule has 1 atom stereocenters. The summed E-state index contributed by atoms with van der Waals surface area (Å²) in [6, 6.07) is 11.0. The maximum Gasteiger partial charge on any atom is 0.131 e. The first kappa shape index (κ1) is 18.2. The Kier molecular flexibility index (Phi) is 4.86. The van der Waals surface area contributed by atoms with Crippen molar-refractivity contribution in [3.63, 3.8) is 0 Å². The molecule has 4 heteroatoms. The number of hydrogen-bond acceptors (Lipinski definition) is 2. The molecule has 0 bridgehead atoms. The molecule has 0 saturated heterocycles. The van der Waals surface area contributed by atoms with Crippen LogP contribution < -0.4 is 0 Å². The van der Waals surface area contributed by atoms with Crippen molar-refractivity contribution >= 4 is 12.0 Å². The lowest BCUT2D eigenvalue weighted by atomic mass is 9.76. The van der Waals surface area contributed by atoms with E-state index < -0.39 is 5.41 Å². The molecule has 26 heavy (non-hydrogen) atoms. The van der Waals surface area contributed by atoms with E-state index in [4.69, 9.17) is 4.99 Å². The fourth-order valence-corrected chi connectivity index (χ4v) is 3.66. The zero-order valence-electron chi connectivity index (χ0n) is 15.1. The van der Waals surface area contributed by atoms with E-state index in [2.05, 4.69) is 0 Å². The average Bonchev–Trinajstić information content (AvgIpc) is 2.94. The fraction of sp³-hybridized carbons (Fsp3) is 0.273. The molecule has 0 aliphatic heterocycles. The number of rotatable bonds is 4. The topological polar surface area (TPSA) is 29.4 Å². The molecule has 0 heterocycles.